The Bertz CT molecular complexity index is 749. The van der Waals surface area contributed by atoms with E-state index in [1.165, 1.54) is 12.1 Å². The second-order valence-electron chi connectivity index (χ2n) is 4.49. The molecule has 0 fully saturated rings. The smallest absolute Gasteiger partial charge is 0.125 e. The Balaban J connectivity index is 2.03. The fraction of sp³-hybridized carbons (Fsp3) is 0.0667. The first-order valence-corrected chi connectivity index (χ1v) is 6.29. The number of hydrogen-bond acceptors (Lipinski definition) is 1. The van der Waals surface area contributed by atoms with Crippen LogP contribution in [0.1, 0.15) is 5.56 Å². The number of aromatic nitrogens is 1. The van der Waals surface area contributed by atoms with E-state index in [-0.39, 0.29) is 5.82 Å². The average molecular weight is 275 g/mol. The summed E-state index contributed by atoms with van der Waals surface area (Å²) in [7, 11) is 0. The number of halogens is 2. The van der Waals surface area contributed by atoms with Crippen molar-refractivity contribution in [2.75, 3.05) is 5.73 Å². The summed E-state index contributed by atoms with van der Waals surface area (Å²) in [4.78, 5) is 0. The molecule has 0 aliphatic rings. The summed E-state index contributed by atoms with van der Waals surface area (Å²) in [6.07, 6.45) is 1.93. The summed E-state index contributed by atoms with van der Waals surface area (Å²) in [5, 5.41) is 1.62. The van der Waals surface area contributed by atoms with E-state index in [0.717, 1.165) is 16.5 Å². The van der Waals surface area contributed by atoms with Gasteiger partial charge in [-0.05, 0) is 47.3 Å². The number of nitrogen functional groups attached to an aromatic ring is 1. The molecule has 0 aliphatic carbocycles. The zero-order chi connectivity index (χ0) is 13.4. The summed E-state index contributed by atoms with van der Waals surface area (Å²) in [5.74, 6) is -0.239. The van der Waals surface area contributed by atoms with Crippen molar-refractivity contribution in [1.82, 2.24) is 4.57 Å². The molecule has 0 saturated carbocycles. The molecule has 3 aromatic rings. The van der Waals surface area contributed by atoms with Crippen molar-refractivity contribution < 1.29 is 4.39 Å². The SMILES string of the molecule is Nc1cc(Cl)ccc1Cn1ccc2ccc(F)cc21. The molecule has 0 saturated heterocycles. The third-order valence-corrected chi connectivity index (χ3v) is 3.42. The molecule has 0 atom stereocenters. The number of nitrogens with zero attached hydrogens (tertiary/aromatic N) is 1. The number of nitrogens with two attached hydrogens (primary N) is 1. The van der Waals surface area contributed by atoms with Crippen LogP contribution in [0.3, 0.4) is 0 Å². The van der Waals surface area contributed by atoms with Crippen LogP contribution in [0.25, 0.3) is 10.9 Å². The monoisotopic (exact) mass is 274 g/mol. The zero-order valence-corrected chi connectivity index (χ0v) is 10.9. The Labute approximate surface area is 115 Å². The molecular weight excluding hydrogens is 263 g/mol. The van der Waals surface area contributed by atoms with Crippen LogP contribution in [-0.4, -0.2) is 4.57 Å². The highest BCUT2D eigenvalue weighted by atomic mass is 35.5. The summed E-state index contributed by atoms with van der Waals surface area (Å²) < 4.78 is 15.3. The normalized spacial score (nSPS) is 11.1. The van der Waals surface area contributed by atoms with Crippen LogP contribution in [0.5, 0.6) is 0 Å². The molecule has 0 spiro atoms. The van der Waals surface area contributed by atoms with Crippen molar-refractivity contribution >= 4 is 28.2 Å². The molecule has 3 rings (SSSR count). The maximum Gasteiger partial charge on any atom is 0.125 e. The molecule has 2 N–H and O–H groups in total. The van der Waals surface area contributed by atoms with Crippen molar-refractivity contribution in [2.45, 2.75) is 6.54 Å². The van der Waals surface area contributed by atoms with E-state index in [0.29, 0.717) is 17.3 Å². The Morgan fingerprint density at radius 2 is 1.95 bits per heavy atom. The zero-order valence-electron chi connectivity index (χ0n) is 10.1. The van der Waals surface area contributed by atoms with Crippen molar-refractivity contribution in [3.05, 3.63) is 65.1 Å². The van der Waals surface area contributed by atoms with E-state index in [4.69, 9.17) is 17.3 Å². The van der Waals surface area contributed by atoms with Crippen LogP contribution < -0.4 is 5.73 Å². The minimum atomic E-state index is -0.239. The molecule has 4 heteroatoms. The predicted molar refractivity (Wildman–Crippen MR) is 76.9 cm³/mol. The van der Waals surface area contributed by atoms with Gasteiger partial charge in [-0.25, -0.2) is 4.39 Å². The van der Waals surface area contributed by atoms with Crippen LogP contribution in [0.2, 0.25) is 5.02 Å². The first kappa shape index (κ1) is 12.1. The van der Waals surface area contributed by atoms with Gasteiger partial charge in [0.05, 0.1) is 5.52 Å². The lowest BCUT2D eigenvalue weighted by atomic mass is 10.2. The van der Waals surface area contributed by atoms with Crippen LogP contribution in [0.15, 0.2) is 48.7 Å². The van der Waals surface area contributed by atoms with Gasteiger partial charge in [0, 0.05) is 23.5 Å². The molecule has 1 aromatic heterocycles. The van der Waals surface area contributed by atoms with Gasteiger partial charge < -0.3 is 10.3 Å². The van der Waals surface area contributed by atoms with Gasteiger partial charge in [0.1, 0.15) is 5.82 Å². The second kappa shape index (κ2) is 4.59. The number of rotatable bonds is 2. The maximum absolute atomic E-state index is 13.3. The Hall–Kier alpha value is -2.00. The van der Waals surface area contributed by atoms with E-state index < -0.39 is 0 Å². The molecule has 2 nitrogen and oxygen atoms in total. The molecule has 0 bridgehead atoms. The Morgan fingerprint density at radius 1 is 1.11 bits per heavy atom. The Morgan fingerprint density at radius 3 is 2.74 bits per heavy atom. The van der Waals surface area contributed by atoms with E-state index in [1.54, 1.807) is 18.2 Å². The van der Waals surface area contributed by atoms with Crippen LogP contribution >= 0.6 is 11.6 Å². The van der Waals surface area contributed by atoms with E-state index >= 15 is 0 Å². The third-order valence-electron chi connectivity index (χ3n) is 3.18. The van der Waals surface area contributed by atoms with Crippen LogP contribution in [0, 0.1) is 5.82 Å². The van der Waals surface area contributed by atoms with Crippen LogP contribution in [0.4, 0.5) is 10.1 Å². The van der Waals surface area contributed by atoms with Gasteiger partial charge in [0.2, 0.25) is 0 Å². The average Bonchev–Trinajstić information content (AvgIpc) is 2.75. The molecular formula is C15H12ClFN2. The molecule has 0 aliphatic heterocycles. The molecule has 0 radical (unpaired) electrons. The summed E-state index contributed by atoms with van der Waals surface area (Å²) in [6.45, 7) is 0.593. The fourth-order valence-corrected chi connectivity index (χ4v) is 2.37. The lowest BCUT2D eigenvalue weighted by molar-refractivity contribution is 0.628. The van der Waals surface area contributed by atoms with Gasteiger partial charge in [0.25, 0.3) is 0 Å². The number of fused-ring (bicyclic) bond motifs is 1. The van der Waals surface area contributed by atoms with Crippen molar-refractivity contribution in [3.8, 4) is 0 Å². The van der Waals surface area contributed by atoms with Crippen molar-refractivity contribution in [3.63, 3.8) is 0 Å². The molecule has 19 heavy (non-hydrogen) atoms. The van der Waals surface area contributed by atoms with Gasteiger partial charge in [-0.2, -0.15) is 0 Å². The lowest BCUT2D eigenvalue weighted by Crippen LogP contribution is -2.01. The topological polar surface area (TPSA) is 30.9 Å². The summed E-state index contributed by atoms with van der Waals surface area (Å²) >= 11 is 5.88. The Kier molecular flexibility index (Phi) is 2.91. The first-order chi connectivity index (χ1) is 9.13. The fourth-order valence-electron chi connectivity index (χ4n) is 2.19. The minimum Gasteiger partial charge on any atom is -0.398 e. The van der Waals surface area contributed by atoms with E-state index in [2.05, 4.69) is 0 Å². The quantitative estimate of drug-likeness (QED) is 0.702. The van der Waals surface area contributed by atoms with Crippen LogP contribution in [-0.2, 0) is 6.54 Å². The van der Waals surface area contributed by atoms with Gasteiger partial charge >= 0.3 is 0 Å². The summed E-state index contributed by atoms with van der Waals surface area (Å²) in [5.41, 5.74) is 8.40. The predicted octanol–water partition coefficient (Wildman–Crippen LogP) is 4.06. The number of anilines is 1. The molecule has 0 unspecified atom stereocenters. The van der Waals surface area contributed by atoms with Gasteiger partial charge in [0.15, 0.2) is 0 Å². The van der Waals surface area contributed by atoms with E-state index in [9.17, 15) is 4.39 Å². The highest BCUT2D eigenvalue weighted by Gasteiger charge is 2.05. The number of hydrogen-bond donors (Lipinski definition) is 1. The number of benzene rings is 2. The second-order valence-corrected chi connectivity index (χ2v) is 4.93. The van der Waals surface area contributed by atoms with Crippen molar-refractivity contribution in [1.29, 1.82) is 0 Å². The standard InChI is InChI=1S/C15H12ClFN2/c16-12-3-1-11(14(18)7-12)9-19-6-5-10-2-4-13(17)8-15(10)19/h1-8H,9,18H2. The van der Waals surface area contributed by atoms with Gasteiger partial charge in [-0.1, -0.05) is 17.7 Å². The van der Waals surface area contributed by atoms with Gasteiger partial charge in [-0.15, -0.1) is 0 Å². The van der Waals surface area contributed by atoms with E-state index in [1.807, 2.05) is 22.9 Å². The minimum absolute atomic E-state index is 0.239. The van der Waals surface area contributed by atoms with Crippen molar-refractivity contribution in [2.24, 2.45) is 0 Å². The highest BCUT2D eigenvalue weighted by Crippen LogP contribution is 2.22. The molecule has 1 heterocycles. The molecule has 0 amide bonds. The maximum atomic E-state index is 13.3. The molecule has 96 valence electrons. The lowest BCUT2D eigenvalue weighted by Gasteiger charge is -2.09. The highest BCUT2D eigenvalue weighted by molar-refractivity contribution is 6.30. The largest absolute Gasteiger partial charge is 0.398 e. The summed E-state index contributed by atoms with van der Waals surface area (Å²) in [6, 6.07) is 12.1. The molecule has 2 aromatic carbocycles. The first-order valence-electron chi connectivity index (χ1n) is 5.92. The third kappa shape index (κ3) is 2.29. The van der Waals surface area contributed by atoms with Gasteiger partial charge in [-0.3, -0.25) is 0 Å².